The average Bonchev–Trinajstić information content (AvgIpc) is 3.21. The molecule has 0 radical (unpaired) electrons. The number of nitriles is 1. The topological polar surface area (TPSA) is 53.4 Å². The monoisotopic (exact) mass is 325 g/mol. The van der Waals surface area contributed by atoms with E-state index in [2.05, 4.69) is 19.9 Å². The average molecular weight is 325 g/mol. The number of hydrogen-bond donors (Lipinski definition) is 0. The molecule has 0 aromatic rings. The van der Waals surface area contributed by atoms with Crippen molar-refractivity contribution in [1.82, 2.24) is 0 Å². The van der Waals surface area contributed by atoms with Crippen molar-refractivity contribution >= 4 is 5.78 Å². The second kappa shape index (κ2) is 4.52. The van der Waals surface area contributed by atoms with E-state index in [4.69, 9.17) is 4.74 Å². The molecule has 5 aliphatic rings. The van der Waals surface area contributed by atoms with Crippen LogP contribution < -0.4 is 0 Å². The van der Waals surface area contributed by atoms with E-state index in [1.165, 1.54) is 31.3 Å². The van der Waals surface area contributed by atoms with Crippen LogP contribution in [0, 0.1) is 39.9 Å². The summed E-state index contributed by atoms with van der Waals surface area (Å²) in [5, 5.41) is 9.37. The van der Waals surface area contributed by atoms with E-state index >= 15 is 0 Å². The second-order valence-electron chi connectivity index (χ2n) is 9.48. The first kappa shape index (κ1) is 15.1. The minimum Gasteiger partial charge on any atom is -0.349 e. The molecule has 0 N–H and O–H groups in total. The molecular formula is C21H27NO2. The van der Waals surface area contributed by atoms with Gasteiger partial charge in [0.05, 0.1) is 6.07 Å². The van der Waals surface area contributed by atoms with Gasteiger partial charge in [-0.1, -0.05) is 19.4 Å². The number of ketones is 1. The lowest BCUT2D eigenvalue weighted by atomic mass is 9.46. The lowest BCUT2D eigenvalue weighted by molar-refractivity contribution is -0.117. The SMILES string of the molecule is C[C@]12CCC(=O)C=C1CC[C@@H]1[C@@H]2CC[C@@]2(C)[C@H]1CC[C@@]21OC1C#N. The van der Waals surface area contributed by atoms with E-state index in [-0.39, 0.29) is 22.5 Å². The Kier molecular flexibility index (Phi) is 2.85. The summed E-state index contributed by atoms with van der Waals surface area (Å²) in [6.07, 6.45) is 10.7. The van der Waals surface area contributed by atoms with Gasteiger partial charge in [-0.05, 0) is 74.2 Å². The predicted molar refractivity (Wildman–Crippen MR) is 89.9 cm³/mol. The van der Waals surface area contributed by atoms with Gasteiger partial charge >= 0.3 is 0 Å². The zero-order valence-corrected chi connectivity index (χ0v) is 14.8. The maximum absolute atomic E-state index is 11.9. The van der Waals surface area contributed by atoms with Gasteiger partial charge in [-0.2, -0.15) is 5.26 Å². The number of carbonyl (C=O) groups is 1. The van der Waals surface area contributed by atoms with Crippen LogP contribution in [0.15, 0.2) is 11.6 Å². The van der Waals surface area contributed by atoms with Gasteiger partial charge in [0, 0.05) is 11.8 Å². The third-order valence-electron chi connectivity index (χ3n) is 8.96. The molecule has 1 unspecified atom stereocenters. The van der Waals surface area contributed by atoms with Gasteiger partial charge in [-0.25, -0.2) is 0 Å². The van der Waals surface area contributed by atoms with E-state index in [1.807, 2.05) is 6.08 Å². The number of epoxide rings is 1. The molecule has 128 valence electrons. The third kappa shape index (κ3) is 1.59. The second-order valence-corrected chi connectivity index (χ2v) is 9.48. The fourth-order valence-electron chi connectivity index (χ4n) is 7.52. The summed E-state index contributed by atoms with van der Waals surface area (Å²) < 4.78 is 6.00. The first-order valence-corrected chi connectivity index (χ1v) is 9.76. The van der Waals surface area contributed by atoms with Crippen molar-refractivity contribution in [1.29, 1.82) is 5.26 Å². The van der Waals surface area contributed by atoms with E-state index in [9.17, 15) is 10.1 Å². The van der Waals surface area contributed by atoms with Gasteiger partial charge in [-0.3, -0.25) is 4.79 Å². The smallest absolute Gasteiger partial charge is 0.174 e. The Labute approximate surface area is 144 Å². The molecule has 24 heavy (non-hydrogen) atoms. The highest BCUT2D eigenvalue weighted by Crippen LogP contribution is 2.72. The zero-order valence-electron chi connectivity index (χ0n) is 14.8. The molecule has 0 aromatic carbocycles. The molecule has 1 heterocycles. The minimum atomic E-state index is -0.161. The molecule has 5 rings (SSSR count). The molecule has 4 fully saturated rings. The summed E-state index contributed by atoms with van der Waals surface area (Å²) in [6, 6.07) is 2.39. The number of carbonyl (C=O) groups excluding carboxylic acids is 1. The molecule has 0 amide bonds. The van der Waals surface area contributed by atoms with Crippen molar-refractivity contribution in [2.24, 2.45) is 28.6 Å². The first-order chi connectivity index (χ1) is 11.4. The molecule has 1 saturated heterocycles. The van der Waals surface area contributed by atoms with Crippen LogP contribution in [-0.4, -0.2) is 17.5 Å². The van der Waals surface area contributed by atoms with Gasteiger partial charge in [0.1, 0.15) is 5.60 Å². The lowest BCUT2D eigenvalue weighted by Gasteiger charge is -2.57. The number of allylic oxidation sites excluding steroid dienone is 1. The minimum absolute atomic E-state index is 0.128. The van der Waals surface area contributed by atoms with Crippen LogP contribution >= 0.6 is 0 Å². The van der Waals surface area contributed by atoms with Crippen LogP contribution in [0.1, 0.15) is 65.2 Å². The Morgan fingerprint density at radius 2 is 1.92 bits per heavy atom. The molecular weight excluding hydrogens is 298 g/mol. The van der Waals surface area contributed by atoms with Crippen molar-refractivity contribution in [3.8, 4) is 6.07 Å². The van der Waals surface area contributed by atoms with Crippen LogP contribution in [0.3, 0.4) is 0 Å². The highest BCUT2D eigenvalue weighted by atomic mass is 16.6. The van der Waals surface area contributed by atoms with Crippen LogP contribution in [0.2, 0.25) is 0 Å². The fourth-order valence-corrected chi connectivity index (χ4v) is 7.52. The van der Waals surface area contributed by atoms with E-state index < -0.39 is 0 Å². The molecule has 7 atom stereocenters. The maximum Gasteiger partial charge on any atom is 0.174 e. The van der Waals surface area contributed by atoms with Crippen molar-refractivity contribution in [3.05, 3.63) is 11.6 Å². The van der Waals surface area contributed by atoms with E-state index in [1.54, 1.807) is 0 Å². The van der Waals surface area contributed by atoms with E-state index in [0.29, 0.717) is 11.7 Å². The first-order valence-electron chi connectivity index (χ1n) is 9.76. The van der Waals surface area contributed by atoms with Crippen molar-refractivity contribution in [3.63, 3.8) is 0 Å². The van der Waals surface area contributed by atoms with Crippen LogP contribution in [0.25, 0.3) is 0 Å². The lowest BCUT2D eigenvalue weighted by Crippen LogP contribution is -2.52. The van der Waals surface area contributed by atoms with Crippen LogP contribution in [0.4, 0.5) is 0 Å². The zero-order chi connectivity index (χ0) is 16.7. The molecule has 1 spiro atoms. The quantitative estimate of drug-likeness (QED) is 0.628. The molecule has 1 aliphatic heterocycles. The highest BCUT2D eigenvalue weighted by Gasteiger charge is 2.74. The number of nitrogens with zero attached hydrogens (tertiary/aromatic N) is 1. The Balaban J connectivity index is 1.49. The van der Waals surface area contributed by atoms with Gasteiger partial charge < -0.3 is 4.74 Å². The van der Waals surface area contributed by atoms with Gasteiger partial charge in [0.25, 0.3) is 0 Å². The van der Waals surface area contributed by atoms with Crippen LogP contribution in [-0.2, 0) is 9.53 Å². The predicted octanol–water partition coefficient (Wildman–Crippen LogP) is 4.18. The van der Waals surface area contributed by atoms with Crippen molar-refractivity contribution in [2.75, 3.05) is 0 Å². The van der Waals surface area contributed by atoms with Gasteiger partial charge in [0.15, 0.2) is 11.9 Å². The summed E-state index contributed by atoms with van der Waals surface area (Å²) in [5.41, 5.74) is 1.74. The Morgan fingerprint density at radius 1 is 1.12 bits per heavy atom. The summed E-state index contributed by atoms with van der Waals surface area (Å²) >= 11 is 0. The Hall–Kier alpha value is -1.14. The van der Waals surface area contributed by atoms with Crippen molar-refractivity contribution < 1.29 is 9.53 Å². The third-order valence-corrected chi connectivity index (χ3v) is 8.96. The highest BCUT2D eigenvalue weighted by molar-refractivity contribution is 5.91. The standard InChI is InChI=1S/C21H27NO2/c1-19-8-5-14(23)11-13(19)3-4-15-16(19)6-9-20(2)17(15)7-10-21(20)18(12-22)24-21/h11,15-18H,3-10H2,1-2H3/t15-,16+,17+,18?,19+,20+,21+/m1/s1. The number of fused-ring (bicyclic) bond motifs is 6. The molecule has 3 nitrogen and oxygen atoms in total. The number of ether oxygens (including phenoxy) is 1. The molecule has 3 heteroatoms. The van der Waals surface area contributed by atoms with Gasteiger partial charge in [-0.15, -0.1) is 0 Å². The maximum atomic E-state index is 11.9. The molecule has 3 saturated carbocycles. The summed E-state index contributed by atoms with van der Waals surface area (Å²) in [5.74, 6) is 2.51. The van der Waals surface area contributed by atoms with Gasteiger partial charge in [0.2, 0.25) is 0 Å². The van der Waals surface area contributed by atoms with E-state index in [0.717, 1.165) is 37.5 Å². The Morgan fingerprint density at radius 3 is 2.67 bits per heavy atom. The van der Waals surface area contributed by atoms with Crippen molar-refractivity contribution in [2.45, 2.75) is 76.9 Å². The Bertz CT molecular complexity index is 690. The normalized spacial score (nSPS) is 55.2. The molecule has 0 aromatic heterocycles. The molecule has 0 bridgehead atoms. The summed E-state index contributed by atoms with van der Waals surface area (Å²) in [7, 11) is 0. The number of hydrogen-bond acceptors (Lipinski definition) is 3. The molecule has 4 aliphatic carbocycles. The van der Waals surface area contributed by atoms with Crippen LogP contribution in [0.5, 0.6) is 0 Å². The number of rotatable bonds is 0. The largest absolute Gasteiger partial charge is 0.349 e. The fraction of sp³-hybridized carbons (Fsp3) is 0.810. The summed E-state index contributed by atoms with van der Waals surface area (Å²) in [6.45, 7) is 4.84. The summed E-state index contributed by atoms with van der Waals surface area (Å²) in [4.78, 5) is 11.9.